The van der Waals surface area contributed by atoms with Gasteiger partial charge in [0.2, 0.25) is 5.88 Å². The summed E-state index contributed by atoms with van der Waals surface area (Å²) in [5, 5.41) is 7.41. The van der Waals surface area contributed by atoms with E-state index in [-0.39, 0.29) is 11.3 Å². The summed E-state index contributed by atoms with van der Waals surface area (Å²) in [5.74, 6) is 1.14. The third-order valence-electron chi connectivity index (χ3n) is 2.91. The summed E-state index contributed by atoms with van der Waals surface area (Å²) in [7, 11) is 0. The number of nitrogens with zero attached hydrogens (tertiary/aromatic N) is 1. The molecule has 0 aliphatic heterocycles. The molecule has 0 amide bonds. The second-order valence-corrected chi connectivity index (χ2v) is 5.62. The Bertz CT molecular complexity index is 630. The second-order valence-electron chi connectivity index (χ2n) is 5.62. The molecule has 20 heavy (non-hydrogen) atoms. The quantitative estimate of drug-likeness (QED) is 0.662. The zero-order valence-electron chi connectivity index (χ0n) is 12.0. The number of ether oxygens (including phenoxy) is 1. The fourth-order valence-electron chi connectivity index (χ4n) is 1.91. The van der Waals surface area contributed by atoms with E-state index in [1.54, 1.807) is 18.2 Å². The monoisotopic (exact) mass is 269 g/mol. The van der Waals surface area contributed by atoms with Crippen LogP contribution in [-0.2, 0) is 5.41 Å². The van der Waals surface area contributed by atoms with Crippen molar-refractivity contribution in [1.29, 1.82) is 5.41 Å². The lowest BCUT2D eigenvalue weighted by Crippen LogP contribution is -2.14. The standard InChI is InChI=1S/C16H19N3O/c1-16(2,3)11-7-4-5-9-13(11)20-14-10-6-8-12(19-14)15(17)18/h4-10H,1-3H3,(H3,17,18). The molecule has 0 aliphatic rings. The smallest absolute Gasteiger partial charge is 0.219 e. The predicted octanol–water partition coefficient (Wildman–Crippen LogP) is 3.46. The van der Waals surface area contributed by atoms with Crippen LogP contribution in [0.15, 0.2) is 42.5 Å². The van der Waals surface area contributed by atoms with Crippen LogP contribution >= 0.6 is 0 Å². The molecule has 0 fully saturated rings. The Hall–Kier alpha value is -2.36. The van der Waals surface area contributed by atoms with Crippen molar-refractivity contribution >= 4 is 5.84 Å². The van der Waals surface area contributed by atoms with Gasteiger partial charge in [-0.1, -0.05) is 45.0 Å². The van der Waals surface area contributed by atoms with Gasteiger partial charge in [0.25, 0.3) is 0 Å². The summed E-state index contributed by atoms with van der Waals surface area (Å²) in [6, 6.07) is 13.1. The van der Waals surface area contributed by atoms with Crippen LogP contribution in [0, 0.1) is 5.41 Å². The molecule has 1 aromatic heterocycles. The van der Waals surface area contributed by atoms with E-state index in [1.165, 1.54) is 0 Å². The highest BCUT2D eigenvalue weighted by Crippen LogP contribution is 2.33. The number of pyridine rings is 1. The molecule has 1 aromatic carbocycles. The van der Waals surface area contributed by atoms with E-state index in [0.29, 0.717) is 11.6 Å². The summed E-state index contributed by atoms with van der Waals surface area (Å²) in [6.07, 6.45) is 0. The van der Waals surface area contributed by atoms with Crippen LogP contribution in [-0.4, -0.2) is 10.8 Å². The number of rotatable bonds is 3. The highest BCUT2D eigenvalue weighted by molar-refractivity contribution is 5.93. The van der Waals surface area contributed by atoms with E-state index in [2.05, 4.69) is 25.8 Å². The Morgan fingerprint density at radius 1 is 1.10 bits per heavy atom. The lowest BCUT2D eigenvalue weighted by atomic mass is 9.86. The van der Waals surface area contributed by atoms with Crippen molar-refractivity contribution in [2.45, 2.75) is 26.2 Å². The molecule has 2 aromatic rings. The van der Waals surface area contributed by atoms with Crippen LogP contribution in [0.25, 0.3) is 0 Å². The number of nitrogen functional groups attached to an aromatic ring is 1. The number of amidine groups is 1. The Morgan fingerprint density at radius 3 is 2.45 bits per heavy atom. The summed E-state index contributed by atoms with van der Waals surface area (Å²) in [6.45, 7) is 6.40. The van der Waals surface area contributed by atoms with Crippen LogP contribution in [0.2, 0.25) is 0 Å². The van der Waals surface area contributed by atoms with E-state index < -0.39 is 0 Å². The molecule has 0 saturated heterocycles. The van der Waals surface area contributed by atoms with Crippen molar-refractivity contribution in [3.8, 4) is 11.6 Å². The molecule has 0 radical (unpaired) electrons. The van der Waals surface area contributed by atoms with Crippen molar-refractivity contribution in [3.05, 3.63) is 53.7 Å². The maximum atomic E-state index is 7.41. The average molecular weight is 269 g/mol. The van der Waals surface area contributed by atoms with Gasteiger partial charge in [-0.25, -0.2) is 4.98 Å². The van der Waals surface area contributed by atoms with Crippen molar-refractivity contribution in [1.82, 2.24) is 4.98 Å². The first kappa shape index (κ1) is 14.1. The molecule has 0 spiro atoms. The number of nitrogens with one attached hydrogen (secondary N) is 1. The molecule has 4 heteroatoms. The number of benzene rings is 1. The zero-order valence-corrected chi connectivity index (χ0v) is 12.0. The fourth-order valence-corrected chi connectivity index (χ4v) is 1.91. The molecule has 0 atom stereocenters. The molecular weight excluding hydrogens is 250 g/mol. The summed E-state index contributed by atoms with van der Waals surface area (Å²) < 4.78 is 5.86. The zero-order chi connectivity index (χ0) is 14.8. The van der Waals surface area contributed by atoms with Crippen LogP contribution in [0.3, 0.4) is 0 Å². The molecule has 0 unspecified atom stereocenters. The maximum absolute atomic E-state index is 7.41. The summed E-state index contributed by atoms with van der Waals surface area (Å²) >= 11 is 0. The van der Waals surface area contributed by atoms with Crippen molar-refractivity contribution in [2.24, 2.45) is 5.73 Å². The van der Waals surface area contributed by atoms with Gasteiger partial charge in [0.15, 0.2) is 0 Å². The van der Waals surface area contributed by atoms with Crippen LogP contribution < -0.4 is 10.5 Å². The van der Waals surface area contributed by atoms with Crippen molar-refractivity contribution in [3.63, 3.8) is 0 Å². The van der Waals surface area contributed by atoms with Gasteiger partial charge in [-0.2, -0.15) is 0 Å². The van der Waals surface area contributed by atoms with Gasteiger partial charge in [0.1, 0.15) is 17.3 Å². The Morgan fingerprint density at radius 2 is 1.80 bits per heavy atom. The number of nitrogens with two attached hydrogens (primary N) is 1. The molecule has 0 aliphatic carbocycles. The minimum atomic E-state index is -0.0699. The van der Waals surface area contributed by atoms with E-state index >= 15 is 0 Å². The molecule has 0 bridgehead atoms. The first-order chi connectivity index (χ1) is 9.38. The number of para-hydroxylation sites is 1. The highest BCUT2D eigenvalue weighted by Gasteiger charge is 2.19. The van der Waals surface area contributed by atoms with Crippen LogP contribution in [0.5, 0.6) is 11.6 Å². The molecule has 104 valence electrons. The van der Waals surface area contributed by atoms with Gasteiger partial charge in [-0.05, 0) is 17.5 Å². The average Bonchev–Trinajstić information content (AvgIpc) is 2.38. The molecule has 0 saturated carbocycles. The SMILES string of the molecule is CC(C)(C)c1ccccc1Oc1cccc(C(=N)N)n1. The number of hydrogen-bond donors (Lipinski definition) is 2. The second kappa shape index (κ2) is 5.33. The van der Waals surface area contributed by atoms with Gasteiger partial charge in [0.05, 0.1) is 0 Å². The van der Waals surface area contributed by atoms with Gasteiger partial charge in [-0.3, -0.25) is 5.41 Å². The predicted molar refractivity (Wildman–Crippen MR) is 80.5 cm³/mol. The molecule has 4 nitrogen and oxygen atoms in total. The molecule has 3 N–H and O–H groups in total. The third kappa shape index (κ3) is 3.15. The van der Waals surface area contributed by atoms with Gasteiger partial charge >= 0.3 is 0 Å². The minimum Gasteiger partial charge on any atom is -0.439 e. The van der Waals surface area contributed by atoms with Crippen molar-refractivity contribution < 1.29 is 4.74 Å². The van der Waals surface area contributed by atoms with Crippen LogP contribution in [0.1, 0.15) is 32.0 Å². The van der Waals surface area contributed by atoms with Gasteiger partial charge < -0.3 is 10.5 Å². The summed E-state index contributed by atoms with van der Waals surface area (Å²) in [4.78, 5) is 4.22. The number of aromatic nitrogens is 1. The number of hydrogen-bond acceptors (Lipinski definition) is 3. The largest absolute Gasteiger partial charge is 0.439 e. The van der Waals surface area contributed by atoms with E-state index in [0.717, 1.165) is 11.3 Å². The van der Waals surface area contributed by atoms with E-state index in [9.17, 15) is 0 Å². The van der Waals surface area contributed by atoms with E-state index in [4.69, 9.17) is 15.9 Å². The minimum absolute atomic E-state index is 0.0191. The van der Waals surface area contributed by atoms with E-state index in [1.807, 2.05) is 24.3 Å². The Labute approximate surface area is 119 Å². The molecular formula is C16H19N3O. The van der Waals surface area contributed by atoms with Gasteiger partial charge in [0, 0.05) is 11.6 Å². The third-order valence-corrected chi connectivity index (χ3v) is 2.91. The highest BCUT2D eigenvalue weighted by atomic mass is 16.5. The van der Waals surface area contributed by atoms with Crippen molar-refractivity contribution in [2.75, 3.05) is 0 Å². The first-order valence-electron chi connectivity index (χ1n) is 6.47. The fraction of sp³-hybridized carbons (Fsp3) is 0.250. The normalized spacial score (nSPS) is 11.2. The van der Waals surface area contributed by atoms with Crippen LogP contribution in [0.4, 0.5) is 0 Å². The lowest BCUT2D eigenvalue weighted by molar-refractivity contribution is 0.439. The van der Waals surface area contributed by atoms with Gasteiger partial charge in [-0.15, -0.1) is 0 Å². The summed E-state index contributed by atoms with van der Waals surface area (Å²) in [5.41, 5.74) is 6.94. The lowest BCUT2D eigenvalue weighted by Gasteiger charge is -2.22. The molecule has 1 heterocycles. The molecule has 2 rings (SSSR count). The Kier molecular flexibility index (Phi) is 3.74. The topological polar surface area (TPSA) is 72.0 Å². The first-order valence-corrected chi connectivity index (χ1v) is 6.47. The maximum Gasteiger partial charge on any atom is 0.219 e. The Balaban J connectivity index is 2.36.